The first-order valence-corrected chi connectivity index (χ1v) is 4.42. The average molecular weight is 246 g/mol. The van der Waals surface area contributed by atoms with Crippen molar-refractivity contribution in [1.29, 1.82) is 0 Å². The van der Waals surface area contributed by atoms with Gasteiger partial charge >= 0.3 is 5.82 Å². The van der Waals surface area contributed by atoms with Crippen molar-refractivity contribution in [3.05, 3.63) is 33.4 Å². The summed E-state index contributed by atoms with van der Waals surface area (Å²) < 4.78 is 1.92. The van der Waals surface area contributed by atoms with Crippen molar-refractivity contribution < 1.29 is 4.92 Å². The van der Waals surface area contributed by atoms with Gasteiger partial charge in [-0.3, -0.25) is 0 Å². The Morgan fingerprint density at radius 1 is 1.85 bits per heavy atom. The van der Waals surface area contributed by atoms with Crippen LogP contribution >= 0.6 is 15.9 Å². The molecule has 70 valence electrons. The second-order valence-corrected chi connectivity index (χ2v) is 3.25. The molecule has 1 aromatic heterocycles. The molecule has 0 N–H and O–H groups in total. The minimum atomic E-state index is -0.519. The van der Waals surface area contributed by atoms with Crippen molar-refractivity contribution in [2.45, 2.75) is 13.0 Å². The van der Waals surface area contributed by atoms with E-state index in [1.807, 2.05) is 0 Å². The fourth-order valence-corrected chi connectivity index (χ4v) is 1.31. The fraction of sp³-hybridized carbons (Fsp3) is 0.286. The van der Waals surface area contributed by atoms with Crippen LogP contribution in [0.2, 0.25) is 0 Å². The molecule has 1 aromatic rings. The molecule has 0 bridgehead atoms. The molecule has 0 aliphatic heterocycles. The summed E-state index contributed by atoms with van der Waals surface area (Å²) in [5, 5.41) is 14.2. The van der Waals surface area contributed by atoms with E-state index < -0.39 is 4.92 Å². The van der Waals surface area contributed by atoms with E-state index in [9.17, 15) is 10.1 Å². The van der Waals surface area contributed by atoms with E-state index in [1.54, 1.807) is 12.3 Å². The summed E-state index contributed by atoms with van der Waals surface area (Å²) in [7, 11) is 0. The summed E-state index contributed by atoms with van der Waals surface area (Å²) in [6, 6.07) is 0. The Bertz CT molecular complexity index is 334. The summed E-state index contributed by atoms with van der Waals surface area (Å²) in [6.07, 6.45) is 4.06. The van der Waals surface area contributed by atoms with Crippen molar-refractivity contribution in [2.24, 2.45) is 0 Å². The Balaban J connectivity index is 2.82. The Labute approximate surface area is 83.3 Å². The Morgan fingerprint density at radius 2 is 2.54 bits per heavy atom. The Morgan fingerprint density at radius 3 is 3.00 bits per heavy atom. The van der Waals surface area contributed by atoms with Crippen LogP contribution in [-0.2, 0) is 6.54 Å². The first kappa shape index (κ1) is 9.91. The number of nitrogens with zero attached hydrogens (tertiary/aromatic N) is 3. The highest BCUT2D eigenvalue weighted by Gasteiger charge is 2.17. The molecule has 0 radical (unpaired) electrons. The zero-order chi connectivity index (χ0) is 9.84. The van der Waals surface area contributed by atoms with Gasteiger partial charge in [0.25, 0.3) is 0 Å². The summed E-state index contributed by atoms with van der Waals surface area (Å²) in [5.74, 6) is -0.149. The van der Waals surface area contributed by atoms with Crippen molar-refractivity contribution in [2.75, 3.05) is 0 Å². The van der Waals surface area contributed by atoms with Crippen molar-refractivity contribution in [3.63, 3.8) is 0 Å². The maximum Gasteiger partial charge on any atom is 0.404 e. The van der Waals surface area contributed by atoms with Gasteiger partial charge in [0, 0.05) is 0 Å². The maximum atomic E-state index is 10.4. The molecule has 0 aromatic carbocycles. The highest BCUT2D eigenvalue weighted by atomic mass is 79.9. The molecule has 0 aliphatic carbocycles. The summed E-state index contributed by atoms with van der Waals surface area (Å²) in [5.41, 5.74) is 0. The van der Waals surface area contributed by atoms with E-state index >= 15 is 0 Å². The number of hydrogen-bond acceptors (Lipinski definition) is 3. The Hall–Kier alpha value is -1.17. The summed E-state index contributed by atoms with van der Waals surface area (Å²) in [4.78, 5) is 9.87. The third-order valence-electron chi connectivity index (χ3n) is 1.43. The number of halogens is 1. The van der Waals surface area contributed by atoms with Gasteiger partial charge in [-0.05, 0) is 27.3 Å². The van der Waals surface area contributed by atoms with Gasteiger partial charge in [0.1, 0.15) is 4.47 Å². The Kier molecular flexibility index (Phi) is 3.18. The van der Waals surface area contributed by atoms with Gasteiger partial charge in [-0.2, -0.15) is 4.68 Å². The molecule has 0 aliphatic rings. The third-order valence-corrected chi connectivity index (χ3v) is 1.99. The molecule has 6 heteroatoms. The molecular formula is C7H8BrN3O2. The van der Waals surface area contributed by atoms with Crippen molar-refractivity contribution in [1.82, 2.24) is 9.78 Å². The largest absolute Gasteiger partial charge is 0.404 e. The quantitative estimate of drug-likeness (QED) is 0.464. The minimum absolute atomic E-state index is 0.149. The number of rotatable bonds is 4. The lowest BCUT2D eigenvalue weighted by molar-refractivity contribution is -0.390. The highest BCUT2D eigenvalue weighted by molar-refractivity contribution is 9.10. The van der Waals surface area contributed by atoms with Gasteiger partial charge in [0.15, 0.2) is 0 Å². The zero-order valence-electron chi connectivity index (χ0n) is 6.81. The molecule has 1 rings (SSSR count). The molecule has 0 saturated heterocycles. The van der Waals surface area contributed by atoms with Crippen LogP contribution in [0.5, 0.6) is 0 Å². The second kappa shape index (κ2) is 4.18. The maximum absolute atomic E-state index is 10.4. The summed E-state index contributed by atoms with van der Waals surface area (Å²) in [6.45, 7) is 4.16. The number of allylic oxidation sites excluding steroid dienone is 1. The van der Waals surface area contributed by atoms with Gasteiger partial charge in [-0.25, -0.2) is 0 Å². The number of hydrogen-bond donors (Lipinski definition) is 0. The second-order valence-electron chi connectivity index (χ2n) is 2.40. The molecular weight excluding hydrogens is 238 g/mol. The molecule has 0 saturated carbocycles. The van der Waals surface area contributed by atoms with Gasteiger partial charge in [0.05, 0.1) is 17.8 Å². The van der Waals surface area contributed by atoms with Crippen LogP contribution in [0, 0.1) is 10.1 Å². The summed E-state index contributed by atoms with van der Waals surface area (Å²) >= 11 is 3.06. The number of aromatic nitrogens is 2. The lowest BCUT2D eigenvalue weighted by atomic mass is 10.4. The van der Waals surface area contributed by atoms with Crippen LogP contribution in [0.3, 0.4) is 0 Å². The molecule has 0 amide bonds. The predicted octanol–water partition coefficient (Wildman–Crippen LogP) is 2.13. The SMILES string of the molecule is C=CCCn1cc(Br)c([N+](=O)[O-])n1. The monoisotopic (exact) mass is 245 g/mol. The molecule has 0 spiro atoms. The zero-order valence-corrected chi connectivity index (χ0v) is 8.40. The highest BCUT2D eigenvalue weighted by Crippen LogP contribution is 2.21. The van der Waals surface area contributed by atoms with E-state index in [2.05, 4.69) is 27.6 Å². The fourth-order valence-electron chi connectivity index (χ4n) is 0.849. The lowest BCUT2D eigenvalue weighted by Crippen LogP contribution is -1.98. The van der Waals surface area contributed by atoms with Gasteiger partial charge < -0.3 is 10.1 Å². The first-order valence-electron chi connectivity index (χ1n) is 3.63. The van der Waals surface area contributed by atoms with Gasteiger partial charge in [-0.1, -0.05) is 6.08 Å². The van der Waals surface area contributed by atoms with Crippen molar-refractivity contribution >= 4 is 21.7 Å². The van der Waals surface area contributed by atoms with E-state index in [0.29, 0.717) is 11.0 Å². The normalized spacial score (nSPS) is 9.92. The van der Waals surface area contributed by atoms with Crippen LogP contribution in [0.1, 0.15) is 6.42 Å². The number of aryl methyl sites for hydroxylation is 1. The standard InChI is InChI=1S/C7H8BrN3O2/c1-2-3-4-10-5-6(8)7(9-10)11(12)13/h2,5H,1,3-4H2. The van der Waals surface area contributed by atoms with Gasteiger partial charge in [0.2, 0.25) is 0 Å². The van der Waals surface area contributed by atoms with Crippen LogP contribution in [0.15, 0.2) is 23.3 Å². The van der Waals surface area contributed by atoms with Crippen LogP contribution in [0.25, 0.3) is 0 Å². The topological polar surface area (TPSA) is 61.0 Å². The number of nitro groups is 1. The van der Waals surface area contributed by atoms with E-state index in [-0.39, 0.29) is 5.82 Å². The van der Waals surface area contributed by atoms with E-state index in [4.69, 9.17) is 0 Å². The predicted molar refractivity (Wildman–Crippen MR) is 51.4 cm³/mol. The van der Waals surface area contributed by atoms with Crippen LogP contribution < -0.4 is 0 Å². The van der Waals surface area contributed by atoms with Gasteiger partial charge in [-0.15, -0.1) is 6.58 Å². The molecule has 0 unspecified atom stereocenters. The molecule has 0 atom stereocenters. The molecule has 0 fully saturated rings. The molecule has 5 nitrogen and oxygen atoms in total. The van der Waals surface area contributed by atoms with Crippen LogP contribution in [-0.4, -0.2) is 14.7 Å². The molecule has 1 heterocycles. The smallest absolute Gasteiger partial charge is 0.358 e. The first-order chi connectivity index (χ1) is 6.15. The average Bonchev–Trinajstić information content (AvgIpc) is 2.43. The van der Waals surface area contributed by atoms with E-state index in [0.717, 1.165) is 6.42 Å². The lowest BCUT2D eigenvalue weighted by Gasteiger charge is -1.89. The molecule has 13 heavy (non-hydrogen) atoms. The van der Waals surface area contributed by atoms with Crippen molar-refractivity contribution in [3.8, 4) is 0 Å². The van der Waals surface area contributed by atoms with E-state index in [1.165, 1.54) is 4.68 Å². The minimum Gasteiger partial charge on any atom is -0.358 e. The third kappa shape index (κ3) is 2.38. The van der Waals surface area contributed by atoms with Crippen LogP contribution in [0.4, 0.5) is 5.82 Å².